The predicted octanol–water partition coefficient (Wildman–Crippen LogP) is 5.20. The van der Waals surface area contributed by atoms with Crippen LogP contribution >= 0.6 is 22.9 Å². The molecule has 0 N–H and O–H groups in total. The van der Waals surface area contributed by atoms with Crippen molar-refractivity contribution in [3.05, 3.63) is 76.3 Å². The third kappa shape index (κ3) is 4.08. The number of hydrogen-bond donors (Lipinski definition) is 0. The highest BCUT2D eigenvalue weighted by molar-refractivity contribution is 7.93. The first-order valence-electron chi connectivity index (χ1n) is 9.11. The number of methoxy groups -OCH3 is 1. The Hall–Kier alpha value is -2.75. The standard InChI is InChI=1S/C21H17ClFN3O3S2/c1-13-9-15(29-2)4-3-14(13)12-26(21-24-7-8-30-21)31(27,28)16-5-6-17-18(10-16)19(23)11-25-20(17)22/h3-11H,12H2,1-2H3. The van der Waals surface area contributed by atoms with Crippen LogP contribution in [-0.2, 0) is 16.6 Å². The summed E-state index contributed by atoms with van der Waals surface area (Å²) in [6.07, 6.45) is 2.51. The van der Waals surface area contributed by atoms with Crippen molar-refractivity contribution in [2.75, 3.05) is 11.4 Å². The quantitative estimate of drug-likeness (QED) is 0.357. The number of ether oxygens (including phenoxy) is 1. The van der Waals surface area contributed by atoms with Gasteiger partial charge in [0.25, 0.3) is 10.0 Å². The van der Waals surface area contributed by atoms with Crippen LogP contribution in [-0.4, -0.2) is 25.5 Å². The molecule has 0 fully saturated rings. The molecular formula is C21H17ClFN3O3S2. The number of pyridine rings is 1. The van der Waals surface area contributed by atoms with E-state index >= 15 is 0 Å². The van der Waals surface area contributed by atoms with Crippen LogP contribution in [0, 0.1) is 12.7 Å². The van der Waals surface area contributed by atoms with E-state index in [0.29, 0.717) is 16.3 Å². The molecule has 0 radical (unpaired) electrons. The van der Waals surface area contributed by atoms with Crippen molar-refractivity contribution in [1.82, 2.24) is 9.97 Å². The van der Waals surface area contributed by atoms with Crippen molar-refractivity contribution in [2.24, 2.45) is 0 Å². The second-order valence-electron chi connectivity index (χ2n) is 6.72. The summed E-state index contributed by atoms with van der Waals surface area (Å²) in [5.41, 5.74) is 1.66. The first-order chi connectivity index (χ1) is 14.8. The molecule has 2 aromatic heterocycles. The summed E-state index contributed by atoms with van der Waals surface area (Å²) < 4.78 is 48.0. The fourth-order valence-electron chi connectivity index (χ4n) is 3.16. The molecular weight excluding hydrogens is 461 g/mol. The maximum absolute atomic E-state index is 14.3. The van der Waals surface area contributed by atoms with Crippen molar-refractivity contribution >= 4 is 48.9 Å². The number of anilines is 1. The number of sulfonamides is 1. The Balaban J connectivity index is 1.82. The Morgan fingerprint density at radius 3 is 2.65 bits per heavy atom. The minimum absolute atomic E-state index is 0.0588. The van der Waals surface area contributed by atoms with Crippen molar-refractivity contribution in [2.45, 2.75) is 18.4 Å². The van der Waals surface area contributed by atoms with Gasteiger partial charge in [-0.15, -0.1) is 11.3 Å². The molecule has 2 heterocycles. The Morgan fingerprint density at radius 2 is 1.97 bits per heavy atom. The molecule has 0 amide bonds. The summed E-state index contributed by atoms with van der Waals surface area (Å²) in [6, 6.07) is 9.55. The largest absolute Gasteiger partial charge is 0.497 e. The van der Waals surface area contributed by atoms with Crippen LogP contribution in [0.4, 0.5) is 9.52 Å². The van der Waals surface area contributed by atoms with Crippen LogP contribution in [0.2, 0.25) is 5.15 Å². The number of halogens is 2. The molecule has 0 aliphatic heterocycles. The molecule has 0 saturated heterocycles. The average molecular weight is 478 g/mol. The van der Waals surface area contributed by atoms with E-state index in [1.165, 1.54) is 40.0 Å². The number of aryl methyl sites for hydroxylation is 1. The number of nitrogens with zero attached hydrogens (tertiary/aromatic N) is 3. The van der Waals surface area contributed by atoms with Gasteiger partial charge in [-0.2, -0.15) is 0 Å². The number of benzene rings is 2. The maximum Gasteiger partial charge on any atom is 0.266 e. The first-order valence-corrected chi connectivity index (χ1v) is 11.8. The maximum atomic E-state index is 14.3. The first kappa shape index (κ1) is 21.5. The van der Waals surface area contributed by atoms with E-state index in [4.69, 9.17) is 16.3 Å². The monoisotopic (exact) mass is 477 g/mol. The van der Waals surface area contributed by atoms with E-state index < -0.39 is 15.8 Å². The van der Waals surface area contributed by atoms with Crippen LogP contribution in [0.15, 0.2) is 59.1 Å². The van der Waals surface area contributed by atoms with Gasteiger partial charge in [-0.3, -0.25) is 0 Å². The molecule has 0 atom stereocenters. The summed E-state index contributed by atoms with van der Waals surface area (Å²) in [6.45, 7) is 1.94. The number of hydrogen-bond acceptors (Lipinski definition) is 6. The molecule has 0 saturated carbocycles. The van der Waals surface area contributed by atoms with Crippen LogP contribution in [0.3, 0.4) is 0 Å². The smallest absolute Gasteiger partial charge is 0.266 e. The van der Waals surface area contributed by atoms with Crippen LogP contribution in [0.1, 0.15) is 11.1 Å². The number of aromatic nitrogens is 2. The van der Waals surface area contributed by atoms with Gasteiger partial charge in [-0.1, -0.05) is 17.7 Å². The van der Waals surface area contributed by atoms with Gasteiger partial charge < -0.3 is 4.74 Å². The predicted molar refractivity (Wildman–Crippen MR) is 120 cm³/mol. The molecule has 10 heteroatoms. The minimum Gasteiger partial charge on any atom is -0.497 e. The molecule has 0 spiro atoms. The molecule has 0 aliphatic rings. The van der Waals surface area contributed by atoms with E-state index in [2.05, 4.69) is 9.97 Å². The molecule has 4 aromatic rings. The Labute approximate surface area is 188 Å². The molecule has 0 aliphatic carbocycles. The third-order valence-corrected chi connectivity index (χ3v) is 7.79. The zero-order valence-electron chi connectivity index (χ0n) is 16.5. The second-order valence-corrected chi connectivity index (χ2v) is 9.82. The second kappa shape index (κ2) is 8.41. The lowest BCUT2D eigenvalue weighted by Crippen LogP contribution is -2.30. The van der Waals surface area contributed by atoms with E-state index in [1.807, 2.05) is 19.1 Å². The Morgan fingerprint density at radius 1 is 1.16 bits per heavy atom. The van der Waals surface area contributed by atoms with Gasteiger partial charge in [-0.25, -0.2) is 27.1 Å². The van der Waals surface area contributed by atoms with Gasteiger partial charge in [0.15, 0.2) is 5.13 Å². The molecule has 2 aromatic carbocycles. The van der Waals surface area contributed by atoms with Gasteiger partial charge in [0, 0.05) is 22.3 Å². The summed E-state index contributed by atoms with van der Waals surface area (Å²) in [5.74, 6) is 0.0312. The topological polar surface area (TPSA) is 72.4 Å². The number of thiazole rings is 1. The van der Waals surface area contributed by atoms with Crippen LogP contribution in [0.25, 0.3) is 10.8 Å². The summed E-state index contributed by atoms with van der Waals surface area (Å²) >= 11 is 7.23. The van der Waals surface area contributed by atoms with Gasteiger partial charge in [-0.05, 0) is 48.4 Å². The fourth-order valence-corrected chi connectivity index (χ4v) is 5.67. The molecule has 31 heavy (non-hydrogen) atoms. The number of rotatable bonds is 6. The minimum atomic E-state index is -4.06. The lowest BCUT2D eigenvalue weighted by molar-refractivity contribution is 0.414. The normalized spacial score (nSPS) is 11.6. The fraction of sp³-hybridized carbons (Fsp3) is 0.143. The molecule has 0 bridgehead atoms. The van der Waals surface area contributed by atoms with Gasteiger partial charge in [0.05, 0.1) is 24.7 Å². The van der Waals surface area contributed by atoms with E-state index in [1.54, 1.807) is 18.6 Å². The van der Waals surface area contributed by atoms with Crippen molar-refractivity contribution in [1.29, 1.82) is 0 Å². The zero-order valence-corrected chi connectivity index (χ0v) is 18.9. The summed E-state index contributed by atoms with van der Waals surface area (Å²) in [4.78, 5) is 7.90. The lowest BCUT2D eigenvalue weighted by Gasteiger charge is -2.23. The van der Waals surface area contributed by atoms with Crippen molar-refractivity contribution in [3.8, 4) is 5.75 Å². The van der Waals surface area contributed by atoms with Gasteiger partial charge >= 0.3 is 0 Å². The zero-order chi connectivity index (χ0) is 22.2. The van der Waals surface area contributed by atoms with Crippen molar-refractivity contribution in [3.63, 3.8) is 0 Å². The Kier molecular flexibility index (Phi) is 5.83. The van der Waals surface area contributed by atoms with E-state index in [-0.39, 0.29) is 22.0 Å². The number of fused-ring (bicyclic) bond motifs is 1. The third-order valence-electron chi connectivity index (χ3n) is 4.85. The molecule has 6 nitrogen and oxygen atoms in total. The summed E-state index contributed by atoms with van der Waals surface area (Å²) in [7, 11) is -2.49. The lowest BCUT2D eigenvalue weighted by atomic mass is 10.1. The molecule has 160 valence electrons. The van der Waals surface area contributed by atoms with Gasteiger partial charge in [0.2, 0.25) is 0 Å². The highest BCUT2D eigenvalue weighted by Crippen LogP contribution is 2.32. The SMILES string of the molecule is COc1ccc(CN(c2nccs2)S(=O)(=O)c2ccc3c(Cl)ncc(F)c3c2)c(C)c1. The highest BCUT2D eigenvalue weighted by Gasteiger charge is 2.28. The van der Waals surface area contributed by atoms with Crippen LogP contribution in [0.5, 0.6) is 5.75 Å². The Bertz CT molecular complexity index is 1360. The highest BCUT2D eigenvalue weighted by atomic mass is 35.5. The van der Waals surface area contributed by atoms with Crippen LogP contribution < -0.4 is 9.04 Å². The van der Waals surface area contributed by atoms with E-state index in [0.717, 1.165) is 17.3 Å². The average Bonchev–Trinajstić information content (AvgIpc) is 3.29. The van der Waals surface area contributed by atoms with E-state index in [9.17, 15) is 12.8 Å². The van der Waals surface area contributed by atoms with Crippen molar-refractivity contribution < 1.29 is 17.5 Å². The molecule has 0 unspecified atom stereocenters. The molecule has 4 rings (SSSR count). The summed E-state index contributed by atoms with van der Waals surface area (Å²) in [5, 5.41) is 2.53. The van der Waals surface area contributed by atoms with Gasteiger partial charge in [0.1, 0.15) is 16.7 Å².